The first-order valence-corrected chi connectivity index (χ1v) is 8.36. The largest absolute Gasteiger partial charge is 0.486 e. The van der Waals surface area contributed by atoms with Gasteiger partial charge in [0.15, 0.2) is 0 Å². The SMILES string of the molecule is OCc1ccc(OCc2csc(C3CCCCC3)n2)cn1. The lowest BCUT2D eigenvalue weighted by molar-refractivity contribution is 0.274. The second kappa shape index (κ2) is 7.00. The summed E-state index contributed by atoms with van der Waals surface area (Å²) in [6.45, 7) is 0.431. The minimum atomic E-state index is -0.0445. The van der Waals surface area contributed by atoms with E-state index in [2.05, 4.69) is 10.4 Å². The van der Waals surface area contributed by atoms with Gasteiger partial charge in [-0.1, -0.05) is 19.3 Å². The summed E-state index contributed by atoms with van der Waals surface area (Å²) in [6.07, 6.45) is 8.23. The fourth-order valence-electron chi connectivity index (χ4n) is 2.67. The van der Waals surface area contributed by atoms with E-state index >= 15 is 0 Å². The molecule has 0 atom stereocenters. The Balaban J connectivity index is 1.56. The van der Waals surface area contributed by atoms with Gasteiger partial charge in [0.25, 0.3) is 0 Å². The molecule has 1 aliphatic rings. The molecule has 1 N–H and O–H groups in total. The Hall–Kier alpha value is -1.46. The lowest BCUT2D eigenvalue weighted by Gasteiger charge is -2.18. The molecule has 2 heterocycles. The molecule has 5 heteroatoms. The number of hydrogen-bond acceptors (Lipinski definition) is 5. The van der Waals surface area contributed by atoms with Gasteiger partial charge in [0.2, 0.25) is 0 Å². The summed E-state index contributed by atoms with van der Waals surface area (Å²) in [5, 5.41) is 12.3. The van der Waals surface area contributed by atoms with Crippen LogP contribution in [0.4, 0.5) is 0 Å². The maximum atomic E-state index is 8.95. The molecule has 112 valence electrons. The highest BCUT2D eigenvalue weighted by atomic mass is 32.1. The van der Waals surface area contributed by atoms with E-state index < -0.39 is 0 Å². The van der Waals surface area contributed by atoms with E-state index in [0.717, 1.165) is 5.69 Å². The standard InChI is InChI=1S/C16H20N2O2S/c19-9-13-6-7-15(8-17-13)20-10-14-11-21-16(18-14)12-4-2-1-3-5-12/h6-8,11-12,19H,1-5,9-10H2. The Morgan fingerprint density at radius 1 is 1.19 bits per heavy atom. The third kappa shape index (κ3) is 3.80. The molecule has 4 nitrogen and oxygen atoms in total. The van der Waals surface area contributed by atoms with Crippen molar-refractivity contribution < 1.29 is 9.84 Å². The Morgan fingerprint density at radius 2 is 2.05 bits per heavy atom. The van der Waals surface area contributed by atoms with Gasteiger partial charge in [-0.2, -0.15) is 0 Å². The summed E-state index contributed by atoms with van der Waals surface area (Å²) in [4.78, 5) is 8.81. The number of ether oxygens (including phenoxy) is 1. The van der Waals surface area contributed by atoms with Crippen LogP contribution >= 0.6 is 11.3 Å². The lowest BCUT2D eigenvalue weighted by atomic mass is 9.90. The molecule has 0 radical (unpaired) electrons. The molecule has 0 aromatic carbocycles. The van der Waals surface area contributed by atoms with E-state index in [1.165, 1.54) is 37.1 Å². The molecule has 21 heavy (non-hydrogen) atoms. The zero-order valence-corrected chi connectivity index (χ0v) is 12.8. The number of aliphatic hydroxyl groups excluding tert-OH is 1. The molecule has 1 fully saturated rings. The van der Waals surface area contributed by atoms with Gasteiger partial charge in [0, 0.05) is 11.3 Å². The number of thiazole rings is 1. The van der Waals surface area contributed by atoms with Crippen LogP contribution in [0.3, 0.4) is 0 Å². The maximum Gasteiger partial charge on any atom is 0.138 e. The molecule has 0 bridgehead atoms. The molecule has 0 spiro atoms. The van der Waals surface area contributed by atoms with Crippen LogP contribution < -0.4 is 4.74 Å². The van der Waals surface area contributed by atoms with Crippen LogP contribution in [0.1, 0.15) is 54.4 Å². The first-order chi connectivity index (χ1) is 10.3. The Kier molecular flexibility index (Phi) is 4.83. The van der Waals surface area contributed by atoms with Crippen molar-refractivity contribution in [2.24, 2.45) is 0 Å². The van der Waals surface area contributed by atoms with Gasteiger partial charge >= 0.3 is 0 Å². The number of hydrogen-bond donors (Lipinski definition) is 1. The van der Waals surface area contributed by atoms with Crippen molar-refractivity contribution in [3.8, 4) is 5.75 Å². The highest BCUT2D eigenvalue weighted by molar-refractivity contribution is 7.09. The smallest absolute Gasteiger partial charge is 0.138 e. The number of aliphatic hydroxyl groups is 1. The molecule has 2 aromatic heterocycles. The zero-order chi connectivity index (χ0) is 14.5. The Bertz CT molecular complexity index is 562. The minimum Gasteiger partial charge on any atom is -0.486 e. The van der Waals surface area contributed by atoms with Gasteiger partial charge < -0.3 is 9.84 Å². The van der Waals surface area contributed by atoms with Crippen LogP contribution in [0.15, 0.2) is 23.7 Å². The zero-order valence-electron chi connectivity index (χ0n) is 12.0. The van der Waals surface area contributed by atoms with E-state index in [-0.39, 0.29) is 6.61 Å². The summed E-state index contributed by atoms with van der Waals surface area (Å²) >= 11 is 1.76. The molecule has 1 aliphatic carbocycles. The van der Waals surface area contributed by atoms with Crippen molar-refractivity contribution >= 4 is 11.3 Å². The number of aromatic nitrogens is 2. The van der Waals surface area contributed by atoms with Crippen molar-refractivity contribution in [1.29, 1.82) is 0 Å². The van der Waals surface area contributed by atoms with E-state index in [0.29, 0.717) is 24.0 Å². The molecule has 0 saturated heterocycles. The van der Waals surface area contributed by atoms with Crippen LogP contribution in [0.2, 0.25) is 0 Å². The van der Waals surface area contributed by atoms with E-state index in [1.807, 2.05) is 6.07 Å². The summed E-state index contributed by atoms with van der Waals surface area (Å²) in [6, 6.07) is 3.59. The van der Waals surface area contributed by atoms with Crippen molar-refractivity contribution in [1.82, 2.24) is 9.97 Å². The van der Waals surface area contributed by atoms with Crippen LogP contribution in [0.5, 0.6) is 5.75 Å². The molecular formula is C16H20N2O2S. The van der Waals surface area contributed by atoms with Crippen molar-refractivity contribution in [3.63, 3.8) is 0 Å². The molecule has 3 rings (SSSR count). The molecular weight excluding hydrogens is 284 g/mol. The Morgan fingerprint density at radius 3 is 2.76 bits per heavy atom. The second-order valence-electron chi connectivity index (χ2n) is 5.44. The first kappa shape index (κ1) is 14.5. The number of rotatable bonds is 5. The lowest BCUT2D eigenvalue weighted by Crippen LogP contribution is -2.04. The highest BCUT2D eigenvalue weighted by Crippen LogP contribution is 2.34. The van der Waals surface area contributed by atoms with Crippen LogP contribution in [-0.4, -0.2) is 15.1 Å². The topological polar surface area (TPSA) is 55.2 Å². The summed E-state index contributed by atoms with van der Waals surface area (Å²) in [5.41, 5.74) is 1.64. The third-order valence-corrected chi connectivity index (χ3v) is 4.93. The summed E-state index contributed by atoms with van der Waals surface area (Å²) in [5.74, 6) is 1.36. The van der Waals surface area contributed by atoms with Crippen molar-refractivity contribution in [2.45, 2.75) is 51.2 Å². The molecule has 0 amide bonds. The van der Waals surface area contributed by atoms with Gasteiger partial charge in [-0.05, 0) is 25.0 Å². The predicted octanol–water partition coefficient (Wildman–Crippen LogP) is 3.66. The summed E-state index contributed by atoms with van der Waals surface area (Å²) in [7, 11) is 0. The minimum absolute atomic E-state index is 0.0445. The van der Waals surface area contributed by atoms with Gasteiger partial charge in [-0.3, -0.25) is 4.98 Å². The van der Waals surface area contributed by atoms with Crippen LogP contribution in [0.25, 0.3) is 0 Å². The predicted molar refractivity (Wildman–Crippen MR) is 82.4 cm³/mol. The second-order valence-corrected chi connectivity index (χ2v) is 6.33. The Labute approximate surface area is 128 Å². The first-order valence-electron chi connectivity index (χ1n) is 7.48. The van der Waals surface area contributed by atoms with Crippen LogP contribution in [0, 0.1) is 0 Å². The highest BCUT2D eigenvalue weighted by Gasteiger charge is 2.18. The van der Waals surface area contributed by atoms with Crippen LogP contribution in [-0.2, 0) is 13.2 Å². The van der Waals surface area contributed by atoms with Gasteiger partial charge in [-0.25, -0.2) is 4.98 Å². The fourth-order valence-corrected chi connectivity index (χ4v) is 3.65. The molecule has 0 aliphatic heterocycles. The van der Waals surface area contributed by atoms with Gasteiger partial charge in [0.1, 0.15) is 12.4 Å². The quantitative estimate of drug-likeness (QED) is 0.916. The monoisotopic (exact) mass is 304 g/mol. The van der Waals surface area contributed by atoms with Gasteiger partial charge in [-0.15, -0.1) is 11.3 Å². The molecule has 1 saturated carbocycles. The fraction of sp³-hybridized carbons (Fsp3) is 0.500. The van der Waals surface area contributed by atoms with Gasteiger partial charge in [0.05, 0.1) is 29.2 Å². The maximum absolute atomic E-state index is 8.95. The van der Waals surface area contributed by atoms with Crippen molar-refractivity contribution in [2.75, 3.05) is 0 Å². The third-order valence-electron chi connectivity index (χ3n) is 3.87. The summed E-state index contributed by atoms with van der Waals surface area (Å²) < 4.78 is 5.69. The molecule has 0 unspecified atom stereocenters. The molecule has 2 aromatic rings. The number of nitrogens with zero attached hydrogens (tertiary/aromatic N) is 2. The van der Waals surface area contributed by atoms with E-state index in [4.69, 9.17) is 14.8 Å². The van der Waals surface area contributed by atoms with E-state index in [9.17, 15) is 0 Å². The average molecular weight is 304 g/mol. The van der Waals surface area contributed by atoms with Crippen molar-refractivity contribution in [3.05, 3.63) is 40.1 Å². The average Bonchev–Trinajstić information content (AvgIpc) is 3.03. The van der Waals surface area contributed by atoms with E-state index in [1.54, 1.807) is 23.6 Å². The normalized spacial score (nSPS) is 16.0. The number of pyridine rings is 1.